The molecule has 0 saturated heterocycles. The number of carboxylic acid groups (broad SMARTS) is 1. The molecule has 1 heterocycles. The Morgan fingerprint density at radius 1 is 1.45 bits per heavy atom. The molecule has 2 rings (SSSR count). The predicted molar refractivity (Wildman–Crippen MR) is 78.3 cm³/mol. The lowest BCUT2D eigenvalue weighted by Crippen LogP contribution is -2.43. The predicted octanol–water partition coefficient (Wildman–Crippen LogP) is 1.00. The van der Waals surface area contributed by atoms with E-state index in [1.807, 2.05) is 18.2 Å². The van der Waals surface area contributed by atoms with Crippen LogP contribution < -0.4 is 11.1 Å². The van der Waals surface area contributed by atoms with Crippen molar-refractivity contribution in [2.24, 2.45) is 5.73 Å². The molecule has 1 aromatic carbocycles. The number of fused-ring (bicyclic) bond motifs is 1. The van der Waals surface area contributed by atoms with Gasteiger partial charge in [0.15, 0.2) is 0 Å². The number of nitrogens with one attached hydrogen (secondary N) is 2. The molecule has 0 saturated carbocycles. The quantitative estimate of drug-likeness (QED) is 0.651. The van der Waals surface area contributed by atoms with Gasteiger partial charge in [-0.25, -0.2) is 0 Å². The van der Waals surface area contributed by atoms with Crippen molar-refractivity contribution in [2.45, 2.75) is 12.5 Å². The number of H-pyrrole nitrogens is 1. The Hall–Kier alpha value is -1.86. The molecular formula is C13H14BrN3O3. The fourth-order valence-electron chi connectivity index (χ4n) is 1.94. The maximum atomic E-state index is 11.7. The average molecular weight is 340 g/mol. The van der Waals surface area contributed by atoms with Crippen molar-refractivity contribution in [1.82, 2.24) is 10.3 Å². The number of amides is 1. The molecule has 1 amide bonds. The number of nitrogens with two attached hydrogens (primary N) is 1. The molecule has 5 N–H and O–H groups in total. The van der Waals surface area contributed by atoms with Gasteiger partial charge in [0.25, 0.3) is 0 Å². The Balaban J connectivity index is 2.09. The Labute approximate surface area is 123 Å². The Morgan fingerprint density at radius 3 is 2.90 bits per heavy atom. The molecule has 0 bridgehead atoms. The van der Waals surface area contributed by atoms with E-state index in [1.54, 1.807) is 6.20 Å². The average Bonchev–Trinajstić information content (AvgIpc) is 2.78. The van der Waals surface area contributed by atoms with Crippen molar-refractivity contribution in [3.63, 3.8) is 0 Å². The first-order valence-electron chi connectivity index (χ1n) is 5.98. The number of carbonyl (C=O) groups is 2. The van der Waals surface area contributed by atoms with Gasteiger partial charge in [-0.05, 0) is 30.2 Å². The largest absolute Gasteiger partial charge is 0.480 e. The summed E-state index contributed by atoms with van der Waals surface area (Å²) in [6, 6.07) is 5.01. The fraction of sp³-hybridized carbons (Fsp3) is 0.231. The monoisotopic (exact) mass is 339 g/mol. The molecule has 1 aromatic heterocycles. The van der Waals surface area contributed by atoms with Gasteiger partial charge in [-0.15, -0.1) is 0 Å². The molecule has 0 fully saturated rings. The molecule has 0 spiro atoms. The number of aromatic nitrogens is 1. The molecule has 0 radical (unpaired) electrons. The zero-order valence-electron chi connectivity index (χ0n) is 10.5. The number of rotatable bonds is 5. The van der Waals surface area contributed by atoms with Gasteiger partial charge in [0, 0.05) is 21.6 Å². The van der Waals surface area contributed by atoms with E-state index in [4.69, 9.17) is 10.8 Å². The Bertz CT molecular complexity index is 653. The third-order valence-corrected chi connectivity index (χ3v) is 3.41. The minimum absolute atomic E-state index is 0.335. The van der Waals surface area contributed by atoms with Crippen LogP contribution in [-0.2, 0) is 16.0 Å². The van der Waals surface area contributed by atoms with Gasteiger partial charge in [0.2, 0.25) is 5.91 Å². The van der Waals surface area contributed by atoms with Crippen LogP contribution in [0, 0.1) is 0 Å². The van der Waals surface area contributed by atoms with Crippen LogP contribution in [0.4, 0.5) is 0 Å². The van der Waals surface area contributed by atoms with Crippen molar-refractivity contribution < 1.29 is 14.7 Å². The van der Waals surface area contributed by atoms with Gasteiger partial charge in [-0.1, -0.05) is 15.9 Å². The molecular weight excluding hydrogens is 326 g/mol. The van der Waals surface area contributed by atoms with Gasteiger partial charge >= 0.3 is 5.97 Å². The topological polar surface area (TPSA) is 108 Å². The standard InChI is InChI=1S/C13H14BrN3O3/c14-8-1-2-11-9(4-8)7(5-16-11)3-10(15)13(20)17-6-12(18)19/h1-2,4-5,10,16H,3,6,15H2,(H,17,20)(H,18,19). The van der Waals surface area contributed by atoms with Crippen LogP contribution in [-0.4, -0.2) is 34.6 Å². The normalized spacial score (nSPS) is 12.3. The van der Waals surface area contributed by atoms with E-state index in [1.165, 1.54) is 0 Å². The molecule has 0 aliphatic heterocycles. The van der Waals surface area contributed by atoms with Gasteiger partial charge in [-0.3, -0.25) is 9.59 Å². The van der Waals surface area contributed by atoms with E-state index in [0.717, 1.165) is 20.9 Å². The summed E-state index contributed by atoms with van der Waals surface area (Å²) in [7, 11) is 0. The molecule has 20 heavy (non-hydrogen) atoms. The number of aliphatic carboxylic acids is 1. The van der Waals surface area contributed by atoms with Crippen LogP contribution in [0.5, 0.6) is 0 Å². The summed E-state index contributed by atoms with van der Waals surface area (Å²) in [6.07, 6.45) is 2.14. The van der Waals surface area contributed by atoms with E-state index in [0.29, 0.717) is 6.42 Å². The van der Waals surface area contributed by atoms with Crippen LogP contribution in [0.2, 0.25) is 0 Å². The van der Waals surface area contributed by atoms with E-state index in [9.17, 15) is 9.59 Å². The second kappa shape index (κ2) is 6.06. The highest BCUT2D eigenvalue weighted by molar-refractivity contribution is 9.10. The Kier molecular flexibility index (Phi) is 4.41. The molecule has 0 aliphatic carbocycles. The minimum atomic E-state index is -1.10. The summed E-state index contributed by atoms with van der Waals surface area (Å²) in [5, 5.41) is 11.8. The van der Waals surface area contributed by atoms with E-state index >= 15 is 0 Å². The maximum absolute atomic E-state index is 11.7. The first-order chi connectivity index (χ1) is 9.47. The number of benzene rings is 1. The second-order valence-electron chi connectivity index (χ2n) is 4.43. The Morgan fingerprint density at radius 2 is 2.20 bits per heavy atom. The first-order valence-corrected chi connectivity index (χ1v) is 6.77. The number of carboxylic acids is 1. The third-order valence-electron chi connectivity index (χ3n) is 2.92. The fourth-order valence-corrected chi connectivity index (χ4v) is 2.30. The first kappa shape index (κ1) is 14.5. The van der Waals surface area contributed by atoms with Gasteiger partial charge in [0.1, 0.15) is 6.54 Å². The minimum Gasteiger partial charge on any atom is -0.480 e. The SMILES string of the molecule is NC(Cc1c[nH]c2ccc(Br)cc12)C(=O)NCC(=O)O. The van der Waals surface area contributed by atoms with E-state index < -0.39 is 24.5 Å². The highest BCUT2D eigenvalue weighted by Gasteiger charge is 2.16. The zero-order valence-corrected chi connectivity index (χ0v) is 12.1. The lowest BCUT2D eigenvalue weighted by atomic mass is 10.1. The number of hydrogen-bond acceptors (Lipinski definition) is 3. The third kappa shape index (κ3) is 3.37. The van der Waals surface area contributed by atoms with Crippen LogP contribution in [0.1, 0.15) is 5.56 Å². The molecule has 1 unspecified atom stereocenters. The van der Waals surface area contributed by atoms with Crippen LogP contribution in [0.15, 0.2) is 28.9 Å². The van der Waals surface area contributed by atoms with Crippen molar-refractivity contribution in [2.75, 3.05) is 6.54 Å². The highest BCUT2D eigenvalue weighted by atomic mass is 79.9. The summed E-state index contributed by atoms with van der Waals surface area (Å²) < 4.78 is 0.940. The highest BCUT2D eigenvalue weighted by Crippen LogP contribution is 2.23. The zero-order chi connectivity index (χ0) is 14.7. The molecule has 7 heteroatoms. The van der Waals surface area contributed by atoms with E-state index in [2.05, 4.69) is 26.2 Å². The lowest BCUT2D eigenvalue weighted by molar-refractivity contribution is -0.138. The number of aromatic amines is 1. The molecule has 0 aliphatic rings. The maximum Gasteiger partial charge on any atom is 0.322 e. The molecule has 1 atom stereocenters. The van der Waals surface area contributed by atoms with Gasteiger partial charge in [0.05, 0.1) is 6.04 Å². The smallest absolute Gasteiger partial charge is 0.322 e. The summed E-state index contributed by atoms with van der Waals surface area (Å²) in [6.45, 7) is -0.425. The summed E-state index contributed by atoms with van der Waals surface area (Å²) in [4.78, 5) is 25.2. The molecule has 106 valence electrons. The number of halogens is 1. The summed E-state index contributed by atoms with van der Waals surface area (Å²) >= 11 is 3.40. The summed E-state index contributed by atoms with van der Waals surface area (Å²) in [5.41, 5.74) is 7.67. The van der Waals surface area contributed by atoms with Crippen LogP contribution in [0.3, 0.4) is 0 Å². The second-order valence-corrected chi connectivity index (χ2v) is 5.34. The van der Waals surface area contributed by atoms with Gasteiger partial charge < -0.3 is 21.1 Å². The molecule has 6 nitrogen and oxygen atoms in total. The van der Waals surface area contributed by atoms with E-state index in [-0.39, 0.29) is 0 Å². The number of hydrogen-bond donors (Lipinski definition) is 4. The van der Waals surface area contributed by atoms with Crippen molar-refractivity contribution in [3.05, 3.63) is 34.4 Å². The lowest BCUT2D eigenvalue weighted by Gasteiger charge is -2.10. The van der Waals surface area contributed by atoms with Crippen molar-refractivity contribution in [1.29, 1.82) is 0 Å². The molecule has 2 aromatic rings. The van der Waals surface area contributed by atoms with Crippen molar-refractivity contribution in [3.8, 4) is 0 Å². The van der Waals surface area contributed by atoms with Crippen LogP contribution in [0.25, 0.3) is 10.9 Å². The number of carbonyl (C=O) groups excluding carboxylic acids is 1. The summed E-state index contributed by atoms with van der Waals surface area (Å²) in [5.74, 6) is -1.57. The van der Waals surface area contributed by atoms with Gasteiger partial charge in [-0.2, -0.15) is 0 Å². The van der Waals surface area contributed by atoms with Crippen LogP contribution >= 0.6 is 15.9 Å². The van der Waals surface area contributed by atoms with Crippen molar-refractivity contribution >= 4 is 38.7 Å².